The summed E-state index contributed by atoms with van der Waals surface area (Å²) in [5.41, 5.74) is 16.5. The van der Waals surface area contributed by atoms with Gasteiger partial charge in [-0.1, -0.05) is 6.42 Å². The van der Waals surface area contributed by atoms with Crippen LogP contribution in [0.5, 0.6) is 0 Å². The maximum absolute atomic E-state index is 13.0. The number of amides is 4. The van der Waals surface area contributed by atoms with Crippen LogP contribution in [0.4, 0.5) is 0 Å². The van der Waals surface area contributed by atoms with Gasteiger partial charge in [0, 0.05) is 19.4 Å². The fourth-order valence-corrected chi connectivity index (χ4v) is 3.76. The van der Waals surface area contributed by atoms with Gasteiger partial charge in [0.05, 0.1) is 6.04 Å². The molecule has 10 N–H and O–H groups in total. The number of aliphatic carboxylic acids is 2. The van der Waals surface area contributed by atoms with E-state index in [0.29, 0.717) is 32.2 Å². The van der Waals surface area contributed by atoms with Gasteiger partial charge in [-0.25, -0.2) is 4.79 Å². The first-order valence-corrected chi connectivity index (χ1v) is 11.6. The summed E-state index contributed by atoms with van der Waals surface area (Å²) in [6, 6.07) is -4.63. The average Bonchev–Trinajstić information content (AvgIpc) is 3.28. The van der Waals surface area contributed by atoms with Gasteiger partial charge in [0.25, 0.3) is 0 Å². The molecular weight excluding hydrogens is 464 g/mol. The molecule has 1 fully saturated rings. The van der Waals surface area contributed by atoms with Crippen molar-refractivity contribution in [2.45, 2.75) is 82.0 Å². The van der Waals surface area contributed by atoms with Crippen LogP contribution in [0, 0.1) is 0 Å². The van der Waals surface area contributed by atoms with E-state index in [-0.39, 0.29) is 32.2 Å². The van der Waals surface area contributed by atoms with Gasteiger partial charge in [-0.05, 0) is 45.1 Å². The lowest BCUT2D eigenvalue weighted by molar-refractivity contribution is -0.150. The van der Waals surface area contributed by atoms with Crippen molar-refractivity contribution >= 4 is 35.6 Å². The summed E-state index contributed by atoms with van der Waals surface area (Å²) >= 11 is 0. The molecule has 1 rings (SSSR count). The maximum atomic E-state index is 13.0. The molecule has 1 heterocycles. The molecule has 0 bridgehead atoms. The highest BCUT2D eigenvalue weighted by Crippen LogP contribution is 2.20. The normalized spacial score (nSPS) is 17.8. The van der Waals surface area contributed by atoms with Crippen LogP contribution in [0.2, 0.25) is 0 Å². The third-order valence-corrected chi connectivity index (χ3v) is 5.70. The van der Waals surface area contributed by atoms with Crippen LogP contribution < -0.4 is 27.8 Å². The zero-order valence-corrected chi connectivity index (χ0v) is 19.6. The Labute approximate surface area is 202 Å². The molecule has 0 aliphatic carbocycles. The summed E-state index contributed by atoms with van der Waals surface area (Å²) in [5, 5.41) is 23.3. The quantitative estimate of drug-likeness (QED) is 0.111. The number of carbonyl (C=O) groups is 6. The number of carboxylic acid groups (broad SMARTS) is 2. The Hall–Kier alpha value is -3.26. The highest BCUT2D eigenvalue weighted by Gasteiger charge is 2.38. The average molecular weight is 501 g/mol. The number of unbranched alkanes of at least 4 members (excludes halogenated alkanes) is 1. The number of carboxylic acids is 2. The van der Waals surface area contributed by atoms with Gasteiger partial charge in [0.2, 0.25) is 23.6 Å². The SMILES string of the molecule is NCCCCC(N)C(=O)NC(CCC(N)=O)C(=O)NC(CCC(=O)O)C(=O)N1CCCC1C(=O)O. The van der Waals surface area contributed by atoms with E-state index in [9.17, 15) is 33.9 Å². The Kier molecular flexibility index (Phi) is 12.7. The van der Waals surface area contributed by atoms with Crippen molar-refractivity contribution in [2.75, 3.05) is 13.1 Å². The minimum Gasteiger partial charge on any atom is -0.481 e. The second-order valence-electron chi connectivity index (χ2n) is 8.48. The van der Waals surface area contributed by atoms with Gasteiger partial charge in [0.1, 0.15) is 18.1 Å². The molecule has 0 saturated carbocycles. The number of carbonyl (C=O) groups excluding carboxylic acids is 4. The second kappa shape index (κ2) is 14.9. The molecule has 4 amide bonds. The fourth-order valence-electron chi connectivity index (χ4n) is 3.76. The number of likely N-dealkylation sites (tertiary alicyclic amines) is 1. The van der Waals surface area contributed by atoms with Gasteiger partial charge in [-0.15, -0.1) is 0 Å². The topological polar surface area (TPSA) is 248 Å². The van der Waals surface area contributed by atoms with Gasteiger partial charge < -0.3 is 42.9 Å². The van der Waals surface area contributed by atoms with Crippen molar-refractivity contribution < 1.29 is 39.0 Å². The summed E-state index contributed by atoms with van der Waals surface area (Å²) in [6.07, 6.45) is 1.07. The molecule has 1 saturated heterocycles. The first-order chi connectivity index (χ1) is 16.5. The molecule has 0 spiro atoms. The van der Waals surface area contributed by atoms with E-state index in [4.69, 9.17) is 22.3 Å². The Morgan fingerprint density at radius 3 is 2.11 bits per heavy atom. The van der Waals surface area contributed by atoms with E-state index in [1.807, 2.05) is 0 Å². The van der Waals surface area contributed by atoms with Crippen LogP contribution in [0.1, 0.15) is 57.8 Å². The minimum atomic E-state index is -1.34. The van der Waals surface area contributed by atoms with Gasteiger partial charge >= 0.3 is 11.9 Å². The van der Waals surface area contributed by atoms with E-state index in [1.54, 1.807) is 0 Å². The van der Waals surface area contributed by atoms with Crippen LogP contribution in [-0.4, -0.2) is 87.9 Å². The molecule has 198 valence electrons. The zero-order chi connectivity index (χ0) is 26.5. The van der Waals surface area contributed by atoms with E-state index in [2.05, 4.69) is 10.6 Å². The molecule has 14 heteroatoms. The van der Waals surface area contributed by atoms with E-state index in [0.717, 1.165) is 4.90 Å². The standard InChI is InChI=1S/C21H36N6O8/c22-10-2-1-4-12(23)18(31)25-13(6-8-16(24)28)19(32)26-14(7-9-17(29)30)20(33)27-11-3-5-15(27)21(34)35/h12-15H,1-11,22-23H2,(H2,24,28)(H,25,31)(H,26,32)(H,29,30)(H,34,35). The third-order valence-electron chi connectivity index (χ3n) is 5.70. The molecule has 35 heavy (non-hydrogen) atoms. The molecule has 0 aromatic heterocycles. The van der Waals surface area contributed by atoms with E-state index in [1.165, 1.54) is 0 Å². The van der Waals surface area contributed by atoms with Crippen molar-refractivity contribution in [3.8, 4) is 0 Å². The number of rotatable bonds is 16. The van der Waals surface area contributed by atoms with Crippen molar-refractivity contribution in [1.29, 1.82) is 0 Å². The van der Waals surface area contributed by atoms with Crippen molar-refractivity contribution in [3.63, 3.8) is 0 Å². The molecule has 4 unspecified atom stereocenters. The van der Waals surface area contributed by atoms with Crippen LogP contribution in [0.3, 0.4) is 0 Å². The van der Waals surface area contributed by atoms with Crippen LogP contribution in [0.25, 0.3) is 0 Å². The maximum Gasteiger partial charge on any atom is 0.326 e. The lowest BCUT2D eigenvalue weighted by atomic mass is 10.0. The third kappa shape index (κ3) is 10.3. The van der Waals surface area contributed by atoms with E-state index >= 15 is 0 Å². The Morgan fingerprint density at radius 2 is 1.54 bits per heavy atom. The predicted octanol–water partition coefficient (Wildman–Crippen LogP) is -2.38. The number of nitrogens with one attached hydrogen (secondary N) is 2. The molecule has 0 aromatic carbocycles. The van der Waals surface area contributed by atoms with Crippen LogP contribution in [-0.2, 0) is 28.8 Å². The number of nitrogens with two attached hydrogens (primary N) is 3. The van der Waals surface area contributed by atoms with Gasteiger partial charge in [0.15, 0.2) is 0 Å². The predicted molar refractivity (Wildman–Crippen MR) is 122 cm³/mol. The molecule has 0 radical (unpaired) electrons. The molecule has 0 aromatic rings. The Morgan fingerprint density at radius 1 is 0.914 bits per heavy atom. The lowest BCUT2D eigenvalue weighted by Crippen LogP contribution is -2.57. The van der Waals surface area contributed by atoms with Crippen LogP contribution in [0.15, 0.2) is 0 Å². The van der Waals surface area contributed by atoms with Crippen molar-refractivity contribution in [1.82, 2.24) is 15.5 Å². The molecule has 1 aliphatic heterocycles. The number of nitrogens with zero attached hydrogens (tertiary/aromatic N) is 1. The van der Waals surface area contributed by atoms with Crippen molar-refractivity contribution in [2.24, 2.45) is 17.2 Å². The minimum absolute atomic E-state index is 0.148. The highest BCUT2D eigenvalue weighted by molar-refractivity contribution is 5.94. The number of hydrogen-bond donors (Lipinski definition) is 7. The first kappa shape index (κ1) is 29.8. The summed E-state index contributed by atoms with van der Waals surface area (Å²) in [4.78, 5) is 73.4. The molecule has 4 atom stereocenters. The summed E-state index contributed by atoms with van der Waals surface area (Å²) < 4.78 is 0. The highest BCUT2D eigenvalue weighted by atomic mass is 16.4. The number of primary amides is 1. The lowest BCUT2D eigenvalue weighted by Gasteiger charge is -2.28. The van der Waals surface area contributed by atoms with Crippen molar-refractivity contribution in [3.05, 3.63) is 0 Å². The number of hydrogen-bond acceptors (Lipinski definition) is 8. The van der Waals surface area contributed by atoms with E-state index < -0.39 is 66.2 Å². The van der Waals surface area contributed by atoms with Crippen LogP contribution >= 0.6 is 0 Å². The summed E-state index contributed by atoms with van der Waals surface area (Å²) in [6.45, 7) is 0.582. The molecule has 14 nitrogen and oxygen atoms in total. The zero-order valence-electron chi connectivity index (χ0n) is 19.6. The second-order valence-corrected chi connectivity index (χ2v) is 8.48. The molecule has 1 aliphatic rings. The van der Waals surface area contributed by atoms with Gasteiger partial charge in [-0.3, -0.25) is 24.0 Å². The fraction of sp³-hybridized carbons (Fsp3) is 0.714. The Balaban J connectivity index is 2.99. The Bertz CT molecular complexity index is 792. The smallest absolute Gasteiger partial charge is 0.326 e. The molecular formula is C21H36N6O8. The summed E-state index contributed by atoms with van der Waals surface area (Å²) in [7, 11) is 0. The first-order valence-electron chi connectivity index (χ1n) is 11.6. The summed E-state index contributed by atoms with van der Waals surface area (Å²) in [5.74, 6) is -5.36. The van der Waals surface area contributed by atoms with Gasteiger partial charge in [-0.2, -0.15) is 0 Å². The monoisotopic (exact) mass is 500 g/mol. The largest absolute Gasteiger partial charge is 0.481 e.